The highest BCUT2D eigenvalue weighted by atomic mass is 127. The molecule has 0 amide bonds. The second-order valence-corrected chi connectivity index (χ2v) is 6.70. The molecule has 0 saturated carbocycles. The van der Waals surface area contributed by atoms with Crippen LogP contribution in [0.15, 0.2) is 72.0 Å². The highest BCUT2D eigenvalue weighted by Gasteiger charge is 2.20. The number of hydrogen-bond acceptors (Lipinski definition) is 4. The van der Waals surface area contributed by atoms with E-state index in [4.69, 9.17) is 9.47 Å². The molecule has 2 heterocycles. The molecule has 3 aromatic rings. The summed E-state index contributed by atoms with van der Waals surface area (Å²) < 4.78 is 13.6. The predicted molar refractivity (Wildman–Crippen MR) is 128 cm³/mol. The molecule has 4 rings (SSSR count). The van der Waals surface area contributed by atoms with E-state index in [1.807, 2.05) is 78.6 Å². The van der Waals surface area contributed by atoms with Gasteiger partial charge in [-0.2, -0.15) is 5.10 Å². The van der Waals surface area contributed by atoms with Crippen LogP contribution in [0.2, 0.25) is 0 Å². The van der Waals surface area contributed by atoms with E-state index in [2.05, 4.69) is 20.7 Å². The first-order chi connectivity index (χ1) is 14.3. The topological polar surface area (TPSA) is 72.7 Å². The van der Waals surface area contributed by atoms with E-state index in [-0.39, 0.29) is 30.1 Å². The minimum atomic E-state index is -0.0745. The molecule has 1 unspecified atom stereocenters. The molecule has 0 radical (unpaired) electrons. The maximum atomic E-state index is 5.99. The monoisotopic (exact) mass is 519 g/mol. The molecule has 2 N–H and O–H groups in total. The van der Waals surface area contributed by atoms with E-state index in [0.717, 1.165) is 35.3 Å². The van der Waals surface area contributed by atoms with E-state index < -0.39 is 0 Å². The molecule has 1 aliphatic heterocycles. The van der Waals surface area contributed by atoms with E-state index in [1.165, 1.54) is 0 Å². The molecule has 1 aliphatic rings. The Morgan fingerprint density at radius 2 is 1.87 bits per heavy atom. The zero-order valence-electron chi connectivity index (χ0n) is 16.8. The summed E-state index contributed by atoms with van der Waals surface area (Å²) in [7, 11) is 0. The molecule has 0 fully saturated rings. The van der Waals surface area contributed by atoms with E-state index >= 15 is 0 Å². The number of guanidine groups is 1. The summed E-state index contributed by atoms with van der Waals surface area (Å²) in [5, 5.41) is 11.0. The molecule has 0 spiro atoms. The smallest absolute Gasteiger partial charge is 0.191 e. The van der Waals surface area contributed by atoms with Crippen LogP contribution in [0.5, 0.6) is 11.5 Å². The van der Waals surface area contributed by atoms with Crippen molar-refractivity contribution in [3.63, 3.8) is 0 Å². The van der Waals surface area contributed by atoms with Gasteiger partial charge in [-0.05, 0) is 31.2 Å². The van der Waals surface area contributed by atoms with Gasteiger partial charge in [0, 0.05) is 18.3 Å². The zero-order valence-corrected chi connectivity index (χ0v) is 19.2. The van der Waals surface area contributed by atoms with Gasteiger partial charge in [-0.3, -0.25) is 0 Å². The lowest BCUT2D eigenvalue weighted by molar-refractivity contribution is 0.0936. The molecule has 0 aliphatic carbocycles. The summed E-state index contributed by atoms with van der Waals surface area (Å²) in [6.45, 7) is 4.46. The third kappa shape index (κ3) is 5.65. The van der Waals surface area contributed by atoms with Crippen molar-refractivity contribution in [3.05, 3.63) is 72.6 Å². The van der Waals surface area contributed by atoms with E-state index in [9.17, 15) is 0 Å². The Bertz CT molecular complexity index is 961. The van der Waals surface area contributed by atoms with Gasteiger partial charge >= 0.3 is 0 Å². The third-order valence-electron chi connectivity index (χ3n) is 4.49. The number of nitrogens with zero attached hydrogens (tertiary/aromatic N) is 3. The molecular weight excluding hydrogens is 493 g/mol. The van der Waals surface area contributed by atoms with Gasteiger partial charge in [0.15, 0.2) is 17.5 Å². The highest BCUT2D eigenvalue weighted by molar-refractivity contribution is 14.0. The van der Waals surface area contributed by atoms with Gasteiger partial charge in [-0.1, -0.05) is 30.3 Å². The molecule has 7 nitrogen and oxygen atoms in total. The lowest BCUT2D eigenvalue weighted by atomic mass is 10.2. The van der Waals surface area contributed by atoms with Crippen LogP contribution in [-0.2, 0) is 6.54 Å². The van der Waals surface area contributed by atoms with Crippen LogP contribution in [0.4, 0.5) is 0 Å². The van der Waals surface area contributed by atoms with Crippen LogP contribution in [0, 0.1) is 0 Å². The molecule has 30 heavy (non-hydrogen) atoms. The number of benzene rings is 2. The minimum absolute atomic E-state index is 0. The van der Waals surface area contributed by atoms with Crippen molar-refractivity contribution in [2.24, 2.45) is 4.99 Å². The lowest BCUT2D eigenvalue weighted by Crippen LogP contribution is -2.45. The number of halogens is 1. The van der Waals surface area contributed by atoms with Crippen LogP contribution >= 0.6 is 24.0 Å². The molecule has 1 atom stereocenters. The molecule has 158 valence electrons. The summed E-state index contributed by atoms with van der Waals surface area (Å²) >= 11 is 0. The highest BCUT2D eigenvalue weighted by Crippen LogP contribution is 2.30. The predicted octanol–water partition coefficient (Wildman–Crippen LogP) is 3.39. The maximum Gasteiger partial charge on any atom is 0.191 e. The quantitative estimate of drug-likeness (QED) is 0.297. The summed E-state index contributed by atoms with van der Waals surface area (Å²) in [5.41, 5.74) is 2.07. The Morgan fingerprint density at radius 1 is 1.10 bits per heavy atom. The molecule has 0 bridgehead atoms. The van der Waals surface area contributed by atoms with Crippen molar-refractivity contribution in [1.82, 2.24) is 20.4 Å². The number of aliphatic imine (C=N–C) groups is 1. The average Bonchev–Trinajstić information content (AvgIpc) is 3.25. The average molecular weight is 519 g/mol. The third-order valence-corrected chi connectivity index (χ3v) is 4.49. The Balaban J connectivity index is 0.00000256. The Morgan fingerprint density at radius 3 is 2.67 bits per heavy atom. The number of hydrogen-bond donors (Lipinski definition) is 2. The zero-order chi connectivity index (χ0) is 19.9. The van der Waals surface area contributed by atoms with Gasteiger partial charge < -0.3 is 20.1 Å². The van der Waals surface area contributed by atoms with Gasteiger partial charge in [0.2, 0.25) is 0 Å². The van der Waals surface area contributed by atoms with E-state index in [1.54, 1.807) is 0 Å². The molecule has 1 aromatic heterocycles. The van der Waals surface area contributed by atoms with Gasteiger partial charge in [-0.25, -0.2) is 9.67 Å². The number of aromatic nitrogens is 2. The fourth-order valence-corrected chi connectivity index (χ4v) is 3.05. The Hall–Kier alpha value is -2.75. The number of ether oxygens (including phenoxy) is 2. The largest absolute Gasteiger partial charge is 0.486 e. The SMILES string of the molecule is CCNC(=NCc1cnn(-c2ccccc2)c1)NCC1COc2ccccc2O1.I. The maximum absolute atomic E-state index is 5.99. The standard InChI is InChI=1S/C22H25N5O2.HI/c1-2-23-22(25-14-19-16-28-20-10-6-7-11-21(20)29-19)24-12-17-13-26-27(15-17)18-8-4-3-5-9-18;/h3-11,13,15,19H,2,12,14,16H2,1H3,(H2,23,24,25);1H. The fourth-order valence-electron chi connectivity index (χ4n) is 3.05. The van der Waals surface area contributed by atoms with E-state index in [0.29, 0.717) is 19.7 Å². The van der Waals surface area contributed by atoms with Crippen LogP contribution < -0.4 is 20.1 Å². The van der Waals surface area contributed by atoms with Crippen molar-refractivity contribution >= 4 is 29.9 Å². The molecular formula is C22H26IN5O2. The van der Waals surface area contributed by atoms with Crippen LogP contribution in [0.1, 0.15) is 12.5 Å². The van der Waals surface area contributed by atoms with Crippen molar-refractivity contribution in [1.29, 1.82) is 0 Å². The first-order valence-corrected chi connectivity index (χ1v) is 9.81. The summed E-state index contributed by atoms with van der Waals surface area (Å²) in [4.78, 5) is 4.66. The number of fused-ring (bicyclic) bond motifs is 1. The van der Waals surface area contributed by atoms with Gasteiger partial charge in [0.05, 0.1) is 25.0 Å². The Kier molecular flexibility index (Phi) is 7.95. The molecule has 2 aromatic carbocycles. The van der Waals surface area contributed by atoms with Crippen molar-refractivity contribution < 1.29 is 9.47 Å². The van der Waals surface area contributed by atoms with Gasteiger partial charge in [0.25, 0.3) is 0 Å². The van der Waals surface area contributed by atoms with Gasteiger partial charge in [0.1, 0.15) is 12.7 Å². The minimum Gasteiger partial charge on any atom is -0.486 e. The van der Waals surface area contributed by atoms with Crippen molar-refractivity contribution in [2.45, 2.75) is 19.6 Å². The molecule has 0 saturated heterocycles. The number of nitrogens with one attached hydrogen (secondary N) is 2. The first kappa shape index (κ1) is 21.9. The Labute approximate surface area is 193 Å². The second-order valence-electron chi connectivity index (χ2n) is 6.70. The number of rotatable bonds is 6. The second kappa shape index (κ2) is 10.9. The van der Waals surface area contributed by atoms with Crippen LogP contribution in [0.3, 0.4) is 0 Å². The summed E-state index contributed by atoms with van der Waals surface area (Å²) in [6.07, 6.45) is 3.77. The van der Waals surface area contributed by atoms with Crippen LogP contribution in [0.25, 0.3) is 5.69 Å². The summed E-state index contributed by atoms with van der Waals surface area (Å²) in [5.74, 6) is 2.31. The molecule has 8 heteroatoms. The number of para-hydroxylation sites is 3. The first-order valence-electron chi connectivity index (χ1n) is 9.81. The van der Waals surface area contributed by atoms with Crippen molar-refractivity contribution in [3.8, 4) is 17.2 Å². The lowest BCUT2D eigenvalue weighted by Gasteiger charge is -2.27. The normalized spacial score (nSPS) is 15.2. The summed E-state index contributed by atoms with van der Waals surface area (Å²) in [6, 6.07) is 17.8. The fraction of sp³-hybridized carbons (Fsp3) is 0.273. The van der Waals surface area contributed by atoms with Gasteiger partial charge in [-0.15, -0.1) is 24.0 Å². The van der Waals surface area contributed by atoms with Crippen LogP contribution in [-0.4, -0.2) is 41.5 Å². The van der Waals surface area contributed by atoms with Crippen molar-refractivity contribution in [2.75, 3.05) is 19.7 Å².